The van der Waals surface area contributed by atoms with Crippen LogP contribution in [0.4, 0.5) is 4.39 Å². The molecule has 5 rings (SSSR count). The van der Waals surface area contributed by atoms with Crippen molar-refractivity contribution in [3.63, 3.8) is 0 Å². The summed E-state index contributed by atoms with van der Waals surface area (Å²) in [5, 5.41) is 0.704. The third-order valence-electron chi connectivity index (χ3n) is 6.18. The number of carbonyl (C=O) groups is 1. The Labute approximate surface area is 186 Å². The van der Waals surface area contributed by atoms with Gasteiger partial charge in [-0.15, -0.1) is 0 Å². The summed E-state index contributed by atoms with van der Waals surface area (Å²) in [4.78, 5) is 27.6. The SMILES string of the molecule is Cc1cccc(-c2cnc(C)nc2C2CCCN(C(=O)c3cc4cc(F)ccc4[nH]3)C2)c1. The number of benzene rings is 2. The first kappa shape index (κ1) is 20.4. The Morgan fingerprint density at radius 3 is 2.88 bits per heavy atom. The number of aryl methyl sites for hydroxylation is 2. The van der Waals surface area contributed by atoms with Crippen molar-refractivity contribution in [3.8, 4) is 11.1 Å². The minimum atomic E-state index is -0.309. The van der Waals surface area contributed by atoms with Crippen LogP contribution in [0.3, 0.4) is 0 Å². The van der Waals surface area contributed by atoms with E-state index < -0.39 is 0 Å². The van der Waals surface area contributed by atoms with Crippen LogP contribution >= 0.6 is 0 Å². The van der Waals surface area contributed by atoms with Gasteiger partial charge in [-0.2, -0.15) is 0 Å². The molecule has 0 bridgehead atoms. The fraction of sp³-hybridized carbons (Fsp3) is 0.269. The number of carbonyl (C=O) groups excluding carboxylic acids is 1. The maximum atomic E-state index is 13.6. The van der Waals surface area contributed by atoms with Gasteiger partial charge in [-0.3, -0.25) is 4.79 Å². The zero-order valence-electron chi connectivity index (χ0n) is 18.2. The Balaban J connectivity index is 1.45. The van der Waals surface area contributed by atoms with Crippen molar-refractivity contribution in [1.82, 2.24) is 19.9 Å². The molecule has 1 atom stereocenters. The third-order valence-corrected chi connectivity index (χ3v) is 6.18. The lowest BCUT2D eigenvalue weighted by Crippen LogP contribution is -2.39. The summed E-state index contributed by atoms with van der Waals surface area (Å²) in [6.07, 6.45) is 3.78. The van der Waals surface area contributed by atoms with Crippen LogP contribution in [0.2, 0.25) is 0 Å². The highest BCUT2D eigenvalue weighted by Crippen LogP contribution is 2.34. The van der Waals surface area contributed by atoms with Gasteiger partial charge >= 0.3 is 0 Å². The van der Waals surface area contributed by atoms with E-state index >= 15 is 0 Å². The van der Waals surface area contributed by atoms with Crippen LogP contribution in [0, 0.1) is 19.7 Å². The molecule has 1 fully saturated rings. The van der Waals surface area contributed by atoms with E-state index in [1.807, 2.05) is 24.1 Å². The average Bonchev–Trinajstić information content (AvgIpc) is 3.22. The Kier molecular flexibility index (Phi) is 5.21. The smallest absolute Gasteiger partial charge is 0.270 e. The minimum absolute atomic E-state index is 0.0609. The molecule has 2 aromatic carbocycles. The van der Waals surface area contributed by atoms with Crippen molar-refractivity contribution in [3.05, 3.63) is 83.3 Å². The van der Waals surface area contributed by atoms with Crippen molar-refractivity contribution in [2.24, 2.45) is 0 Å². The monoisotopic (exact) mass is 428 g/mol. The molecule has 0 spiro atoms. The molecule has 6 heteroatoms. The molecule has 162 valence electrons. The van der Waals surface area contributed by atoms with Crippen LogP contribution in [0.25, 0.3) is 22.0 Å². The van der Waals surface area contributed by atoms with Crippen LogP contribution < -0.4 is 0 Å². The number of piperidine rings is 1. The Morgan fingerprint density at radius 1 is 1.16 bits per heavy atom. The van der Waals surface area contributed by atoms with E-state index in [4.69, 9.17) is 4.98 Å². The maximum Gasteiger partial charge on any atom is 0.270 e. The summed E-state index contributed by atoms with van der Waals surface area (Å²) in [7, 11) is 0. The standard InChI is InChI=1S/C26H25FN4O/c1-16-5-3-6-18(11-16)22-14-28-17(2)29-25(22)19-7-4-10-31(15-19)26(32)24-13-20-12-21(27)8-9-23(20)30-24/h3,5-6,8-9,11-14,19,30H,4,7,10,15H2,1-2H3. The van der Waals surface area contributed by atoms with Gasteiger partial charge in [0, 0.05) is 41.7 Å². The summed E-state index contributed by atoms with van der Waals surface area (Å²) >= 11 is 0. The highest BCUT2D eigenvalue weighted by Gasteiger charge is 2.29. The topological polar surface area (TPSA) is 61.9 Å². The molecule has 0 radical (unpaired) electrons. The fourth-order valence-corrected chi connectivity index (χ4v) is 4.61. The van der Waals surface area contributed by atoms with E-state index in [1.165, 1.54) is 17.7 Å². The van der Waals surface area contributed by atoms with Gasteiger partial charge < -0.3 is 9.88 Å². The van der Waals surface area contributed by atoms with Gasteiger partial charge in [-0.1, -0.05) is 29.8 Å². The van der Waals surface area contributed by atoms with E-state index in [0.29, 0.717) is 24.2 Å². The molecule has 1 aliphatic rings. The number of likely N-dealkylation sites (tertiary alicyclic amines) is 1. The number of hydrogen-bond donors (Lipinski definition) is 1. The molecule has 1 amide bonds. The van der Waals surface area contributed by atoms with Crippen LogP contribution in [0.5, 0.6) is 0 Å². The quantitative estimate of drug-likeness (QED) is 0.475. The van der Waals surface area contributed by atoms with E-state index in [1.54, 1.807) is 12.1 Å². The van der Waals surface area contributed by atoms with Crippen LogP contribution in [-0.4, -0.2) is 38.8 Å². The Morgan fingerprint density at radius 2 is 2.03 bits per heavy atom. The molecule has 4 aromatic rings. The average molecular weight is 429 g/mol. The number of nitrogens with one attached hydrogen (secondary N) is 1. The van der Waals surface area contributed by atoms with Crippen molar-refractivity contribution in [2.45, 2.75) is 32.6 Å². The van der Waals surface area contributed by atoms with Gasteiger partial charge in [0.15, 0.2) is 0 Å². The molecule has 1 N–H and O–H groups in total. The highest BCUT2D eigenvalue weighted by molar-refractivity contribution is 5.98. The second-order valence-electron chi connectivity index (χ2n) is 8.59. The number of rotatable bonds is 3. The molecular weight excluding hydrogens is 403 g/mol. The van der Waals surface area contributed by atoms with Gasteiger partial charge in [-0.25, -0.2) is 14.4 Å². The minimum Gasteiger partial charge on any atom is -0.351 e. The molecule has 1 unspecified atom stereocenters. The highest BCUT2D eigenvalue weighted by atomic mass is 19.1. The summed E-state index contributed by atoms with van der Waals surface area (Å²) in [6.45, 7) is 5.27. The number of aromatic nitrogens is 3. The maximum absolute atomic E-state index is 13.6. The zero-order valence-corrected chi connectivity index (χ0v) is 18.2. The number of halogens is 1. The van der Waals surface area contributed by atoms with Gasteiger partial charge in [0.2, 0.25) is 0 Å². The fourth-order valence-electron chi connectivity index (χ4n) is 4.61. The Hall–Kier alpha value is -3.54. The second kappa shape index (κ2) is 8.19. The van der Waals surface area contributed by atoms with Gasteiger partial charge in [-0.05, 0) is 56.5 Å². The molecule has 5 nitrogen and oxygen atoms in total. The van der Waals surface area contributed by atoms with Crippen LogP contribution in [0.1, 0.15) is 46.3 Å². The second-order valence-corrected chi connectivity index (χ2v) is 8.59. The Bertz CT molecular complexity index is 1310. The normalized spacial score (nSPS) is 16.5. The first-order chi connectivity index (χ1) is 15.5. The van der Waals surface area contributed by atoms with Crippen molar-refractivity contribution >= 4 is 16.8 Å². The van der Waals surface area contributed by atoms with Gasteiger partial charge in [0.1, 0.15) is 17.3 Å². The predicted octanol–water partition coefficient (Wildman–Crippen LogP) is 5.40. The lowest BCUT2D eigenvalue weighted by Gasteiger charge is -2.33. The first-order valence-electron chi connectivity index (χ1n) is 11.0. The first-order valence-corrected chi connectivity index (χ1v) is 11.0. The number of nitrogens with zero attached hydrogens (tertiary/aromatic N) is 3. The summed E-state index contributed by atoms with van der Waals surface area (Å²) in [5.74, 6) is 0.495. The van der Waals surface area contributed by atoms with Crippen LogP contribution in [-0.2, 0) is 0 Å². The van der Waals surface area contributed by atoms with E-state index in [0.717, 1.165) is 41.0 Å². The molecule has 1 saturated heterocycles. The molecular formula is C26H25FN4O. The molecule has 2 aromatic heterocycles. The summed E-state index contributed by atoms with van der Waals surface area (Å²) in [5.41, 5.74) is 5.56. The van der Waals surface area contributed by atoms with E-state index in [-0.39, 0.29) is 17.6 Å². The number of H-pyrrole nitrogens is 1. The number of amides is 1. The number of fused-ring (bicyclic) bond motifs is 1. The van der Waals surface area contributed by atoms with Crippen LogP contribution in [0.15, 0.2) is 54.7 Å². The number of hydrogen-bond acceptors (Lipinski definition) is 3. The predicted molar refractivity (Wildman–Crippen MR) is 123 cm³/mol. The molecule has 32 heavy (non-hydrogen) atoms. The van der Waals surface area contributed by atoms with E-state index in [2.05, 4.69) is 35.1 Å². The molecule has 0 saturated carbocycles. The summed E-state index contributed by atoms with van der Waals surface area (Å²) in [6, 6.07) is 14.6. The third kappa shape index (κ3) is 3.88. The lowest BCUT2D eigenvalue weighted by atomic mass is 9.89. The van der Waals surface area contributed by atoms with Gasteiger partial charge in [0.25, 0.3) is 5.91 Å². The van der Waals surface area contributed by atoms with Gasteiger partial charge in [0.05, 0.1) is 5.69 Å². The largest absolute Gasteiger partial charge is 0.351 e. The van der Waals surface area contributed by atoms with Crippen molar-refractivity contribution in [1.29, 1.82) is 0 Å². The molecule has 3 heterocycles. The number of aromatic amines is 1. The van der Waals surface area contributed by atoms with E-state index in [9.17, 15) is 9.18 Å². The summed E-state index contributed by atoms with van der Waals surface area (Å²) < 4.78 is 13.6. The van der Waals surface area contributed by atoms with Crippen molar-refractivity contribution < 1.29 is 9.18 Å². The molecule has 0 aliphatic carbocycles. The van der Waals surface area contributed by atoms with Crippen molar-refractivity contribution in [2.75, 3.05) is 13.1 Å². The molecule has 1 aliphatic heterocycles. The lowest BCUT2D eigenvalue weighted by molar-refractivity contribution is 0.0701. The zero-order chi connectivity index (χ0) is 22.2.